The minimum Gasteiger partial charge on any atom is -0.368 e. The van der Waals surface area contributed by atoms with Crippen LogP contribution >= 0.6 is 0 Å². The molecule has 0 aliphatic carbocycles. The molecule has 0 saturated carbocycles. The lowest BCUT2D eigenvalue weighted by Crippen LogP contribution is -2.41. The lowest BCUT2D eigenvalue weighted by molar-refractivity contribution is -0.120. The Labute approximate surface area is 97.1 Å². The zero-order chi connectivity index (χ0) is 12.8. The van der Waals surface area contributed by atoms with E-state index >= 15 is 0 Å². The summed E-state index contributed by atoms with van der Waals surface area (Å²) >= 11 is 0. The zero-order valence-electron chi connectivity index (χ0n) is 10.1. The van der Waals surface area contributed by atoms with Crippen LogP contribution in [0.1, 0.15) is 6.42 Å². The summed E-state index contributed by atoms with van der Waals surface area (Å²) in [6.45, 7) is 1.10. The van der Waals surface area contributed by atoms with Crippen molar-refractivity contribution >= 4 is 15.7 Å². The molecule has 0 rings (SSSR count). The van der Waals surface area contributed by atoms with E-state index in [0.29, 0.717) is 19.5 Å². The maximum atomic E-state index is 10.9. The molecule has 0 aliphatic heterocycles. The lowest BCUT2D eigenvalue weighted by atomic mass is 10.2. The Bertz CT molecular complexity index is 316. The van der Waals surface area contributed by atoms with Crippen molar-refractivity contribution in [1.29, 1.82) is 0 Å². The summed E-state index contributed by atoms with van der Waals surface area (Å²) in [5.41, 5.74) is 5.16. The van der Waals surface area contributed by atoms with Crippen LogP contribution in [0.2, 0.25) is 0 Å². The van der Waals surface area contributed by atoms with Crippen molar-refractivity contribution in [1.82, 2.24) is 10.2 Å². The number of carbonyl (C=O) groups is 1. The number of nitrogens with zero attached hydrogens (tertiary/aromatic N) is 1. The molecule has 16 heavy (non-hydrogen) atoms. The molecule has 0 bridgehead atoms. The van der Waals surface area contributed by atoms with E-state index in [1.54, 1.807) is 7.05 Å². The maximum Gasteiger partial charge on any atom is 0.234 e. The average Bonchev–Trinajstić information content (AvgIpc) is 2.14. The third-order valence-corrected chi connectivity index (χ3v) is 3.26. The Morgan fingerprint density at radius 1 is 1.44 bits per heavy atom. The number of amides is 1. The largest absolute Gasteiger partial charge is 0.368 e. The fourth-order valence-corrected chi connectivity index (χ4v) is 1.86. The van der Waals surface area contributed by atoms with E-state index in [-0.39, 0.29) is 17.7 Å². The maximum absolute atomic E-state index is 10.9. The smallest absolute Gasteiger partial charge is 0.234 e. The number of primary amides is 1. The van der Waals surface area contributed by atoms with Gasteiger partial charge in [0.2, 0.25) is 5.91 Å². The first kappa shape index (κ1) is 15.3. The van der Waals surface area contributed by atoms with Crippen molar-refractivity contribution in [2.75, 3.05) is 39.2 Å². The van der Waals surface area contributed by atoms with Crippen LogP contribution in [0.15, 0.2) is 0 Å². The number of sulfone groups is 1. The summed E-state index contributed by atoms with van der Waals surface area (Å²) in [6.07, 6.45) is 1.78. The van der Waals surface area contributed by atoms with Gasteiger partial charge >= 0.3 is 0 Å². The third kappa shape index (κ3) is 7.61. The number of nitrogens with one attached hydrogen (secondary N) is 1. The highest BCUT2D eigenvalue weighted by molar-refractivity contribution is 7.90. The van der Waals surface area contributed by atoms with Gasteiger partial charge in [-0.3, -0.25) is 4.79 Å². The van der Waals surface area contributed by atoms with Gasteiger partial charge in [0.15, 0.2) is 0 Å². The van der Waals surface area contributed by atoms with Crippen molar-refractivity contribution in [3.8, 4) is 0 Å². The molecule has 6 nitrogen and oxygen atoms in total. The predicted octanol–water partition coefficient (Wildman–Crippen LogP) is -1.57. The SMILES string of the molecule is CNC(CCN(C)CCS(C)(=O)=O)C(N)=O. The average molecular weight is 251 g/mol. The van der Waals surface area contributed by atoms with Gasteiger partial charge in [0.1, 0.15) is 9.84 Å². The summed E-state index contributed by atoms with van der Waals surface area (Å²) in [5.74, 6) is -0.261. The van der Waals surface area contributed by atoms with E-state index in [1.165, 1.54) is 6.26 Å². The van der Waals surface area contributed by atoms with Gasteiger partial charge in [0, 0.05) is 12.8 Å². The summed E-state index contributed by atoms with van der Waals surface area (Å²) in [5, 5.41) is 2.81. The van der Waals surface area contributed by atoms with E-state index < -0.39 is 9.84 Å². The zero-order valence-corrected chi connectivity index (χ0v) is 10.9. The predicted molar refractivity (Wildman–Crippen MR) is 63.9 cm³/mol. The molecule has 0 aromatic carbocycles. The Balaban J connectivity index is 3.88. The van der Waals surface area contributed by atoms with Crippen LogP contribution in [0.5, 0.6) is 0 Å². The van der Waals surface area contributed by atoms with Crippen LogP contribution in [0.25, 0.3) is 0 Å². The molecule has 7 heteroatoms. The van der Waals surface area contributed by atoms with E-state index in [0.717, 1.165) is 0 Å². The molecule has 0 radical (unpaired) electrons. The Morgan fingerprint density at radius 3 is 2.38 bits per heavy atom. The molecule has 0 fully saturated rings. The molecule has 3 N–H and O–H groups in total. The van der Waals surface area contributed by atoms with Crippen LogP contribution in [0.3, 0.4) is 0 Å². The summed E-state index contributed by atoms with van der Waals surface area (Å²) in [7, 11) is 0.562. The number of nitrogens with two attached hydrogens (primary N) is 1. The number of hydrogen-bond donors (Lipinski definition) is 2. The monoisotopic (exact) mass is 251 g/mol. The van der Waals surface area contributed by atoms with E-state index in [2.05, 4.69) is 5.32 Å². The van der Waals surface area contributed by atoms with Crippen LogP contribution in [-0.4, -0.2) is 64.5 Å². The topological polar surface area (TPSA) is 92.5 Å². The number of carbonyl (C=O) groups excluding carboxylic acids is 1. The highest BCUT2D eigenvalue weighted by Gasteiger charge is 2.13. The molecular formula is C9H21N3O3S. The number of hydrogen-bond acceptors (Lipinski definition) is 5. The molecule has 0 aromatic rings. The molecule has 0 saturated heterocycles. The van der Waals surface area contributed by atoms with Gasteiger partial charge in [-0.1, -0.05) is 0 Å². The molecule has 1 amide bonds. The minimum atomic E-state index is -2.93. The first-order valence-corrected chi connectivity index (χ1v) is 7.15. The molecule has 0 aromatic heterocycles. The van der Waals surface area contributed by atoms with Gasteiger partial charge in [-0.2, -0.15) is 0 Å². The van der Waals surface area contributed by atoms with Crippen molar-refractivity contribution in [3.05, 3.63) is 0 Å². The van der Waals surface area contributed by atoms with Crippen molar-refractivity contribution in [2.45, 2.75) is 12.5 Å². The van der Waals surface area contributed by atoms with Gasteiger partial charge in [0.25, 0.3) is 0 Å². The third-order valence-electron chi connectivity index (χ3n) is 2.34. The highest BCUT2D eigenvalue weighted by atomic mass is 32.2. The van der Waals surface area contributed by atoms with Gasteiger partial charge < -0.3 is 16.0 Å². The fraction of sp³-hybridized carbons (Fsp3) is 0.889. The quantitative estimate of drug-likeness (QED) is 0.543. The van der Waals surface area contributed by atoms with Gasteiger partial charge in [-0.05, 0) is 27.1 Å². The second-order valence-electron chi connectivity index (χ2n) is 3.97. The van der Waals surface area contributed by atoms with Gasteiger partial charge in [-0.25, -0.2) is 8.42 Å². The molecule has 1 atom stereocenters. The molecular weight excluding hydrogens is 230 g/mol. The first-order valence-electron chi connectivity index (χ1n) is 5.09. The van der Waals surface area contributed by atoms with E-state index in [1.807, 2.05) is 11.9 Å². The van der Waals surface area contributed by atoms with Gasteiger partial charge in [-0.15, -0.1) is 0 Å². The van der Waals surface area contributed by atoms with Crippen molar-refractivity contribution in [3.63, 3.8) is 0 Å². The molecule has 0 heterocycles. The van der Waals surface area contributed by atoms with Crippen LogP contribution in [0, 0.1) is 0 Å². The molecule has 0 spiro atoms. The lowest BCUT2D eigenvalue weighted by Gasteiger charge is -2.19. The Morgan fingerprint density at radius 2 is 2.00 bits per heavy atom. The first-order chi connectivity index (χ1) is 7.26. The molecule has 0 aliphatic rings. The van der Waals surface area contributed by atoms with Crippen LogP contribution in [0.4, 0.5) is 0 Å². The normalized spacial score (nSPS) is 14.0. The summed E-state index contributed by atoms with van der Waals surface area (Å²) in [4.78, 5) is 12.8. The van der Waals surface area contributed by atoms with Crippen molar-refractivity contribution in [2.24, 2.45) is 5.73 Å². The van der Waals surface area contributed by atoms with Gasteiger partial charge in [0.05, 0.1) is 11.8 Å². The summed E-state index contributed by atoms with van der Waals surface area (Å²) in [6, 6.07) is -0.360. The van der Waals surface area contributed by atoms with E-state index in [9.17, 15) is 13.2 Å². The van der Waals surface area contributed by atoms with Crippen LogP contribution in [-0.2, 0) is 14.6 Å². The van der Waals surface area contributed by atoms with Crippen LogP contribution < -0.4 is 11.1 Å². The highest BCUT2D eigenvalue weighted by Crippen LogP contribution is 1.95. The summed E-state index contributed by atoms with van der Waals surface area (Å²) < 4.78 is 21.9. The minimum absolute atomic E-state index is 0.129. The number of rotatable bonds is 8. The molecule has 1 unspecified atom stereocenters. The van der Waals surface area contributed by atoms with Crippen molar-refractivity contribution < 1.29 is 13.2 Å². The standard InChI is InChI=1S/C9H21N3O3S/c1-11-8(9(10)13)4-5-12(2)6-7-16(3,14)15/h8,11H,4-7H2,1-3H3,(H2,10,13). The Hall–Kier alpha value is -0.660. The Kier molecular flexibility index (Phi) is 6.54. The number of likely N-dealkylation sites (N-methyl/N-ethyl adjacent to an activating group) is 1. The second-order valence-corrected chi connectivity index (χ2v) is 6.23. The van der Waals surface area contributed by atoms with E-state index in [4.69, 9.17) is 5.73 Å². The second kappa shape index (κ2) is 6.82. The fourth-order valence-electron chi connectivity index (χ4n) is 1.21. The molecule has 96 valence electrons.